The highest BCUT2D eigenvalue weighted by atomic mass is 19.4. The fraction of sp³-hybridized carbons (Fsp3) is 0.154. The number of hydrogen-bond donors (Lipinski definition) is 1. The second-order valence-corrected chi connectivity index (χ2v) is 7.48. The smallest absolute Gasteiger partial charge is 0.416 e. The lowest BCUT2D eigenvalue weighted by atomic mass is 9.96. The van der Waals surface area contributed by atoms with Gasteiger partial charge in [0.05, 0.1) is 5.56 Å². The molecule has 1 amide bonds. The maximum atomic E-state index is 12.9. The summed E-state index contributed by atoms with van der Waals surface area (Å²) in [6, 6.07) is 17.5. The van der Waals surface area contributed by atoms with Crippen LogP contribution in [0.1, 0.15) is 22.3 Å². The molecule has 1 aromatic heterocycles. The van der Waals surface area contributed by atoms with Gasteiger partial charge in [-0.2, -0.15) is 13.2 Å². The van der Waals surface area contributed by atoms with Crippen molar-refractivity contribution in [2.24, 2.45) is 0 Å². The summed E-state index contributed by atoms with van der Waals surface area (Å²) in [5, 5.41) is 8.19. The number of nitrogens with zero attached hydrogens (tertiary/aromatic N) is 1. The number of ether oxygens (including phenoxy) is 1. The Morgan fingerprint density at radius 2 is 1.85 bits per heavy atom. The SMILES string of the molecule is O=C(NCC/C=C/COc1ccon1)c1ccc2c(-c3ccc(C(F)(F)F)cc3)cccc2c1. The van der Waals surface area contributed by atoms with Gasteiger partial charge in [0.2, 0.25) is 0 Å². The van der Waals surface area contributed by atoms with E-state index in [0.29, 0.717) is 36.6 Å². The van der Waals surface area contributed by atoms with Crippen LogP contribution in [0.2, 0.25) is 0 Å². The van der Waals surface area contributed by atoms with Gasteiger partial charge in [-0.1, -0.05) is 48.6 Å². The molecule has 1 N–H and O–H groups in total. The van der Waals surface area contributed by atoms with Crippen molar-refractivity contribution < 1.29 is 27.2 Å². The summed E-state index contributed by atoms with van der Waals surface area (Å²) in [5.41, 5.74) is 1.30. The number of alkyl halides is 3. The fourth-order valence-corrected chi connectivity index (χ4v) is 3.48. The normalized spacial score (nSPS) is 11.7. The van der Waals surface area contributed by atoms with Crippen molar-refractivity contribution in [3.05, 3.63) is 96.3 Å². The average Bonchev–Trinajstić information content (AvgIpc) is 3.36. The molecular weight excluding hydrogens is 445 g/mol. The zero-order valence-corrected chi connectivity index (χ0v) is 18.0. The van der Waals surface area contributed by atoms with Crippen molar-refractivity contribution in [2.45, 2.75) is 12.6 Å². The van der Waals surface area contributed by atoms with Crippen LogP contribution in [0.15, 0.2) is 89.7 Å². The molecule has 0 aliphatic rings. The summed E-state index contributed by atoms with van der Waals surface area (Å²) >= 11 is 0. The molecule has 5 nitrogen and oxygen atoms in total. The zero-order chi connectivity index (χ0) is 24.0. The van der Waals surface area contributed by atoms with Gasteiger partial charge in [-0.15, -0.1) is 0 Å². The Balaban J connectivity index is 1.37. The summed E-state index contributed by atoms with van der Waals surface area (Å²) in [6.45, 7) is 0.815. The number of nitrogens with one attached hydrogen (secondary N) is 1. The van der Waals surface area contributed by atoms with Crippen LogP contribution in [0, 0.1) is 0 Å². The van der Waals surface area contributed by atoms with Crippen LogP contribution >= 0.6 is 0 Å². The highest BCUT2D eigenvalue weighted by Crippen LogP contribution is 2.33. The van der Waals surface area contributed by atoms with Crippen molar-refractivity contribution in [1.82, 2.24) is 10.5 Å². The third kappa shape index (κ3) is 5.64. The molecule has 0 fully saturated rings. The first-order chi connectivity index (χ1) is 16.4. The molecule has 0 radical (unpaired) electrons. The largest absolute Gasteiger partial charge is 0.471 e. The predicted octanol–water partition coefficient (Wildman–Crippen LogP) is 6.27. The van der Waals surface area contributed by atoms with Crippen LogP contribution in [0.3, 0.4) is 0 Å². The molecule has 0 unspecified atom stereocenters. The van der Waals surface area contributed by atoms with Crippen LogP contribution in [-0.2, 0) is 6.18 Å². The molecule has 34 heavy (non-hydrogen) atoms. The molecule has 0 spiro atoms. The maximum Gasteiger partial charge on any atom is 0.416 e. The Hall–Kier alpha value is -4.07. The molecule has 0 atom stereocenters. The fourth-order valence-electron chi connectivity index (χ4n) is 3.48. The summed E-state index contributed by atoms with van der Waals surface area (Å²) in [5.74, 6) is 0.213. The lowest BCUT2D eigenvalue weighted by Crippen LogP contribution is -2.24. The van der Waals surface area contributed by atoms with Gasteiger partial charge >= 0.3 is 6.18 Å². The van der Waals surface area contributed by atoms with Crippen molar-refractivity contribution >= 4 is 16.7 Å². The number of rotatable bonds is 8. The van der Waals surface area contributed by atoms with Gasteiger partial charge in [0.25, 0.3) is 11.8 Å². The Kier molecular flexibility index (Phi) is 6.96. The molecule has 0 bridgehead atoms. The van der Waals surface area contributed by atoms with Gasteiger partial charge in [0.1, 0.15) is 12.9 Å². The van der Waals surface area contributed by atoms with Crippen molar-refractivity contribution in [1.29, 1.82) is 0 Å². The summed E-state index contributed by atoms with van der Waals surface area (Å²) in [7, 11) is 0. The molecule has 1 heterocycles. The number of aromatic nitrogens is 1. The first kappa shape index (κ1) is 23.1. The third-order valence-electron chi connectivity index (χ3n) is 5.17. The molecule has 4 aromatic rings. The van der Waals surface area contributed by atoms with Gasteiger partial charge in [-0.05, 0) is 57.7 Å². The van der Waals surface area contributed by atoms with Gasteiger partial charge in [-0.3, -0.25) is 4.79 Å². The first-order valence-corrected chi connectivity index (χ1v) is 10.6. The van der Waals surface area contributed by atoms with E-state index in [-0.39, 0.29) is 5.91 Å². The second-order valence-electron chi connectivity index (χ2n) is 7.48. The van der Waals surface area contributed by atoms with Gasteiger partial charge in [0, 0.05) is 18.2 Å². The minimum atomic E-state index is -4.37. The molecule has 3 aromatic carbocycles. The molecular formula is C26H21F3N2O3. The van der Waals surface area contributed by atoms with Crippen LogP contribution in [-0.4, -0.2) is 24.2 Å². The van der Waals surface area contributed by atoms with E-state index in [0.717, 1.165) is 28.5 Å². The summed E-state index contributed by atoms with van der Waals surface area (Å²) in [6.07, 6.45) is 1.42. The Morgan fingerprint density at radius 1 is 1.03 bits per heavy atom. The number of hydrogen-bond acceptors (Lipinski definition) is 4. The summed E-state index contributed by atoms with van der Waals surface area (Å²) < 4.78 is 48.6. The standard InChI is InChI=1S/C26H21F3N2O3/c27-26(28,29)21-10-7-18(8-11-21)22-6-4-5-19-17-20(9-12-23(19)22)25(32)30-14-2-1-3-15-33-24-13-16-34-31-24/h1,3-13,16-17H,2,14-15H2,(H,30,32)/b3-1+. The number of carbonyl (C=O) groups is 1. The minimum Gasteiger partial charge on any atom is -0.471 e. The van der Waals surface area contributed by atoms with Crippen LogP contribution in [0.5, 0.6) is 5.88 Å². The van der Waals surface area contributed by atoms with Gasteiger partial charge in [0.15, 0.2) is 0 Å². The van der Waals surface area contributed by atoms with E-state index < -0.39 is 11.7 Å². The molecule has 0 aliphatic heterocycles. The monoisotopic (exact) mass is 466 g/mol. The van der Waals surface area contributed by atoms with E-state index in [4.69, 9.17) is 4.74 Å². The zero-order valence-electron chi connectivity index (χ0n) is 18.0. The van der Waals surface area contributed by atoms with E-state index in [1.807, 2.05) is 36.4 Å². The lowest BCUT2D eigenvalue weighted by Gasteiger charge is -2.11. The Bertz CT molecular complexity index is 1280. The molecule has 0 saturated heterocycles. The second kappa shape index (κ2) is 10.2. The van der Waals surface area contributed by atoms with E-state index in [2.05, 4.69) is 15.0 Å². The van der Waals surface area contributed by atoms with E-state index in [1.165, 1.54) is 18.4 Å². The lowest BCUT2D eigenvalue weighted by molar-refractivity contribution is -0.137. The van der Waals surface area contributed by atoms with Crippen LogP contribution in [0.4, 0.5) is 13.2 Å². The van der Waals surface area contributed by atoms with Gasteiger partial charge < -0.3 is 14.6 Å². The van der Waals surface area contributed by atoms with E-state index >= 15 is 0 Å². The summed E-state index contributed by atoms with van der Waals surface area (Å²) in [4.78, 5) is 12.5. The topological polar surface area (TPSA) is 64.4 Å². The quantitative estimate of drug-likeness (QED) is 0.246. The van der Waals surface area contributed by atoms with Crippen LogP contribution in [0.25, 0.3) is 21.9 Å². The van der Waals surface area contributed by atoms with Crippen molar-refractivity contribution in [3.63, 3.8) is 0 Å². The number of benzene rings is 3. The molecule has 0 saturated carbocycles. The number of carbonyl (C=O) groups excluding carboxylic acids is 1. The van der Waals surface area contributed by atoms with Crippen LogP contribution < -0.4 is 10.1 Å². The predicted molar refractivity (Wildman–Crippen MR) is 122 cm³/mol. The third-order valence-corrected chi connectivity index (χ3v) is 5.17. The molecule has 0 aliphatic carbocycles. The number of fused-ring (bicyclic) bond motifs is 1. The number of amides is 1. The van der Waals surface area contributed by atoms with E-state index in [9.17, 15) is 18.0 Å². The van der Waals surface area contributed by atoms with Gasteiger partial charge in [-0.25, -0.2) is 0 Å². The number of halogens is 3. The molecule has 4 rings (SSSR count). The van der Waals surface area contributed by atoms with Crippen molar-refractivity contribution in [2.75, 3.05) is 13.2 Å². The average molecular weight is 466 g/mol. The highest BCUT2D eigenvalue weighted by Gasteiger charge is 2.30. The Morgan fingerprint density at radius 3 is 2.59 bits per heavy atom. The van der Waals surface area contributed by atoms with E-state index in [1.54, 1.807) is 18.2 Å². The molecule has 174 valence electrons. The first-order valence-electron chi connectivity index (χ1n) is 10.6. The maximum absolute atomic E-state index is 12.9. The highest BCUT2D eigenvalue weighted by molar-refractivity contribution is 6.02. The van der Waals surface area contributed by atoms with Crippen molar-refractivity contribution in [3.8, 4) is 17.0 Å². The Labute approximate surface area is 193 Å². The minimum absolute atomic E-state index is 0.200. The molecule has 8 heteroatoms.